The first kappa shape index (κ1) is 12.8. The molecule has 0 unspecified atom stereocenters. The van der Waals surface area contributed by atoms with Crippen LogP contribution in [0.1, 0.15) is 20.8 Å². The Kier molecular flexibility index (Phi) is 3.07. The molecule has 2 heterocycles. The van der Waals surface area contributed by atoms with Crippen molar-refractivity contribution >= 4 is 28.5 Å². The smallest absolute Gasteiger partial charge is 0.267 e. The first-order valence-electron chi connectivity index (χ1n) is 6.14. The number of rotatable bonds is 3. The van der Waals surface area contributed by atoms with E-state index in [0.717, 1.165) is 11.0 Å². The number of primary amides is 1. The number of amides is 2. The molecule has 0 atom stereocenters. The molecule has 0 radical (unpaired) electrons. The van der Waals surface area contributed by atoms with Gasteiger partial charge in [0.25, 0.3) is 11.8 Å². The lowest BCUT2D eigenvalue weighted by Gasteiger charge is -2.05. The predicted octanol–water partition coefficient (Wildman–Crippen LogP) is 1.31. The van der Waals surface area contributed by atoms with Crippen LogP contribution >= 0.6 is 0 Å². The van der Waals surface area contributed by atoms with E-state index in [9.17, 15) is 9.59 Å². The summed E-state index contributed by atoms with van der Waals surface area (Å²) >= 11 is 0. The summed E-state index contributed by atoms with van der Waals surface area (Å²) in [5.74, 6) is -0.955. The third-order valence-corrected chi connectivity index (χ3v) is 2.96. The Bertz CT molecular complexity index is 823. The maximum absolute atomic E-state index is 12.1. The number of carbonyl (C=O) groups is 2. The van der Waals surface area contributed by atoms with Gasteiger partial charge in [-0.05, 0) is 30.3 Å². The minimum absolute atomic E-state index is 0.116. The number of pyridine rings is 1. The van der Waals surface area contributed by atoms with Crippen LogP contribution in [0.5, 0.6) is 0 Å². The molecule has 0 aliphatic rings. The molecule has 3 aromatic rings. The topological polar surface area (TPSA) is 114 Å². The first-order chi connectivity index (χ1) is 10.1. The van der Waals surface area contributed by atoms with E-state index in [4.69, 9.17) is 5.73 Å². The molecule has 104 valence electrons. The average Bonchev–Trinajstić information content (AvgIpc) is 2.95. The Labute approximate surface area is 119 Å². The van der Waals surface area contributed by atoms with Crippen LogP contribution in [0, 0.1) is 0 Å². The highest BCUT2D eigenvalue weighted by molar-refractivity contribution is 6.05. The van der Waals surface area contributed by atoms with E-state index in [0.29, 0.717) is 11.3 Å². The first-order valence-corrected chi connectivity index (χ1v) is 6.14. The number of hydrogen-bond donors (Lipinski definition) is 3. The van der Waals surface area contributed by atoms with Gasteiger partial charge in [-0.15, -0.1) is 0 Å². The number of aromatic nitrogens is 3. The Balaban J connectivity index is 1.80. The van der Waals surface area contributed by atoms with Crippen molar-refractivity contribution in [2.24, 2.45) is 5.73 Å². The Hall–Kier alpha value is -3.22. The third-order valence-electron chi connectivity index (χ3n) is 2.96. The lowest BCUT2D eigenvalue weighted by molar-refractivity contribution is 0.0990. The molecule has 0 saturated heterocycles. The maximum atomic E-state index is 12.1. The number of H-pyrrole nitrogens is 1. The monoisotopic (exact) mass is 281 g/mol. The van der Waals surface area contributed by atoms with E-state index >= 15 is 0 Å². The highest BCUT2D eigenvalue weighted by Crippen LogP contribution is 2.16. The molecule has 0 bridgehead atoms. The van der Waals surface area contributed by atoms with Crippen LogP contribution in [0.25, 0.3) is 11.0 Å². The zero-order valence-electron chi connectivity index (χ0n) is 10.8. The second-order valence-corrected chi connectivity index (χ2v) is 4.38. The van der Waals surface area contributed by atoms with Gasteiger partial charge in [0.1, 0.15) is 5.69 Å². The van der Waals surface area contributed by atoms with Crippen LogP contribution in [0.4, 0.5) is 5.69 Å². The summed E-state index contributed by atoms with van der Waals surface area (Å²) in [4.78, 5) is 33.9. The van der Waals surface area contributed by atoms with Crippen molar-refractivity contribution in [1.29, 1.82) is 0 Å². The standard InChI is InChI=1S/C14H11N5O2/c15-13(20)11-3-1-8(6-16-11)14(21)19-9-2-4-10-12(5-9)18-7-17-10/h1-7H,(H2,15,20)(H,17,18)(H,19,21). The molecule has 4 N–H and O–H groups in total. The van der Waals surface area contributed by atoms with Gasteiger partial charge in [0.05, 0.1) is 22.9 Å². The second-order valence-electron chi connectivity index (χ2n) is 4.38. The molecule has 2 amide bonds. The molecule has 21 heavy (non-hydrogen) atoms. The molecule has 7 nitrogen and oxygen atoms in total. The number of nitrogens with two attached hydrogens (primary N) is 1. The fourth-order valence-corrected chi connectivity index (χ4v) is 1.89. The number of hydrogen-bond acceptors (Lipinski definition) is 4. The van der Waals surface area contributed by atoms with Crippen molar-refractivity contribution in [3.8, 4) is 0 Å². The van der Waals surface area contributed by atoms with E-state index in [-0.39, 0.29) is 11.6 Å². The average molecular weight is 281 g/mol. The summed E-state index contributed by atoms with van der Waals surface area (Å²) in [5, 5.41) is 2.75. The molecule has 1 aromatic carbocycles. The summed E-state index contributed by atoms with van der Waals surface area (Å²) in [7, 11) is 0. The summed E-state index contributed by atoms with van der Waals surface area (Å²) < 4.78 is 0. The van der Waals surface area contributed by atoms with Crippen LogP contribution in [0.2, 0.25) is 0 Å². The number of benzene rings is 1. The summed E-state index contributed by atoms with van der Waals surface area (Å²) in [6, 6.07) is 8.25. The van der Waals surface area contributed by atoms with Crippen LogP contribution in [0.15, 0.2) is 42.9 Å². The van der Waals surface area contributed by atoms with Gasteiger partial charge in [-0.3, -0.25) is 14.6 Å². The SMILES string of the molecule is NC(=O)c1ccc(C(=O)Nc2ccc3nc[nH]c3c2)cn1. The minimum atomic E-state index is -0.633. The summed E-state index contributed by atoms with van der Waals surface area (Å²) in [6.45, 7) is 0. The quantitative estimate of drug-likeness (QED) is 0.671. The largest absolute Gasteiger partial charge is 0.364 e. The second kappa shape index (κ2) is 5.04. The van der Waals surface area contributed by atoms with Gasteiger partial charge in [-0.25, -0.2) is 4.98 Å². The zero-order valence-corrected chi connectivity index (χ0v) is 10.8. The van der Waals surface area contributed by atoms with Crippen molar-refractivity contribution in [2.45, 2.75) is 0 Å². The van der Waals surface area contributed by atoms with Crippen molar-refractivity contribution in [3.05, 3.63) is 54.1 Å². The molecule has 3 rings (SSSR count). The van der Waals surface area contributed by atoms with E-state index in [1.807, 2.05) is 0 Å². The fourth-order valence-electron chi connectivity index (χ4n) is 1.89. The minimum Gasteiger partial charge on any atom is -0.364 e. The van der Waals surface area contributed by atoms with E-state index in [2.05, 4.69) is 20.3 Å². The van der Waals surface area contributed by atoms with Gasteiger partial charge < -0.3 is 16.0 Å². The normalized spacial score (nSPS) is 10.5. The number of fused-ring (bicyclic) bond motifs is 1. The lowest BCUT2D eigenvalue weighted by atomic mass is 10.2. The number of aromatic amines is 1. The number of anilines is 1. The lowest BCUT2D eigenvalue weighted by Crippen LogP contribution is -2.15. The van der Waals surface area contributed by atoms with Crippen molar-refractivity contribution in [2.75, 3.05) is 5.32 Å². The molecule has 2 aromatic heterocycles. The van der Waals surface area contributed by atoms with Gasteiger partial charge in [0, 0.05) is 11.9 Å². The van der Waals surface area contributed by atoms with Gasteiger partial charge in [0.15, 0.2) is 0 Å². The summed E-state index contributed by atoms with van der Waals surface area (Å²) in [6.07, 6.45) is 2.90. The van der Waals surface area contributed by atoms with Crippen LogP contribution in [0.3, 0.4) is 0 Å². The summed E-state index contributed by atoms with van der Waals surface area (Å²) in [5.41, 5.74) is 7.83. The van der Waals surface area contributed by atoms with E-state index in [1.54, 1.807) is 24.5 Å². The number of carbonyl (C=O) groups excluding carboxylic acids is 2. The van der Waals surface area contributed by atoms with E-state index < -0.39 is 5.91 Å². The fraction of sp³-hybridized carbons (Fsp3) is 0. The maximum Gasteiger partial charge on any atom is 0.267 e. The molecule has 7 heteroatoms. The van der Waals surface area contributed by atoms with Gasteiger partial charge in [-0.1, -0.05) is 0 Å². The van der Waals surface area contributed by atoms with Gasteiger partial charge >= 0.3 is 0 Å². The molecule has 0 saturated carbocycles. The highest BCUT2D eigenvalue weighted by atomic mass is 16.2. The van der Waals surface area contributed by atoms with Crippen molar-refractivity contribution in [1.82, 2.24) is 15.0 Å². The van der Waals surface area contributed by atoms with Crippen molar-refractivity contribution in [3.63, 3.8) is 0 Å². The Morgan fingerprint density at radius 2 is 2.00 bits per heavy atom. The zero-order chi connectivity index (χ0) is 14.8. The number of imidazole rings is 1. The van der Waals surface area contributed by atoms with Crippen LogP contribution in [-0.4, -0.2) is 26.8 Å². The van der Waals surface area contributed by atoms with E-state index in [1.165, 1.54) is 18.3 Å². The molecule has 0 spiro atoms. The van der Waals surface area contributed by atoms with Crippen LogP contribution < -0.4 is 11.1 Å². The molecular formula is C14H11N5O2. The number of nitrogens with zero attached hydrogens (tertiary/aromatic N) is 2. The van der Waals surface area contributed by atoms with Crippen molar-refractivity contribution < 1.29 is 9.59 Å². The predicted molar refractivity (Wildman–Crippen MR) is 76.8 cm³/mol. The molecule has 0 aliphatic carbocycles. The Morgan fingerprint density at radius 1 is 1.14 bits per heavy atom. The third kappa shape index (κ3) is 2.57. The van der Waals surface area contributed by atoms with Crippen LogP contribution in [-0.2, 0) is 0 Å². The van der Waals surface area contributed by atoms with Gasteiger partial charge in [0.2, 0.25) is 0 Å². The molecule has 0 fully saturated rings. The molecular weight excluding hydrogens is 270 g/mol. The van der Waals surface area contributed by atoms with Gasteiger partial charge in [-0.2, -0.15) is 0 Å². The Morgan fingerprint density at radius 3 is 2.71 bits per heavy atom. The number of nitrogens with one attached hydrogen (secondary N) is 2. The molecule has 0 aliphatic heterocycles. The highest BCUT2D eigenvalue weighted by Gasteiger charge is 2.09.